The lowest BCUT2D eigenvalue weighted by molar-refractivity contribution is -0.117. The lowest BCUT2D eigenvalue weighted by Crippen LogP contribution is -2.43. The average Bonchev–Trinajstić information content (AvgIpc) is 3.76. The number of ether oxygens (including phenoxy) is 1. The molecule has 2 amide bonds. The minimum Gasteiger partial charge on any atom is -0.377 e. The molecule has 36 heavy (non-hydrogen) atoms. The molecule has 2 saturated carbocycles. The smallest absolute Gasteiger partial charge is 0.273 e. The van der Waals surface area contributed by atoms with Crippen LogP contribution in [0.5, 0.6) is 0 Å². The first-order valence-electron chi connectivity index (χ1n) is 13.1. The molecule has 2 aromatic rings. The molecule has 3 N–H and O–H groups in total. The van der Waals surface area contributed by atoms with Crippen LogP contribution < -0.4 is 20.9 Å². The fourth-order valence-electron chi connectivity index (χ4n) is 4.63. The highest BCUT2D eigenvalue weighted by Crippen LogP contribution is 2.70. The maximum Gasteiger partial charge on any atom is 0.273 e. The third kappa shape index (κ3) is 4.72. The molecule has 3 heterocycles. The molecule has 1 aliphatic heterocycles. The Hall–Kier alpha value is -3.32. The second kappa shape index (κ2) is 8.96. The van der Waals surface area contributed by atoms with E-state index in [1.54, 1.807) is 0 Å². The highest BCUT2D eigenvalue weighted by atomic mass is 32.2. The van der Waals surface area contributed by atoms with Gasteiger partial charge < -0.3 is 25.6 Å². The molecule has 2 atom stereocenters. The van der Waals surface area contributed by atoms with Crippen molar-refractivity contribution in [2.45, 2.75) is 37.1 Å². The number of sulfone groups is 1. The van der Waals surface area contributed by atoms with E-state index in [0.29, 0.717) is 25.4 Å². The number of carbonyl (C=O) groups is 2. The van der Waals surface area contributed by atoms with Gasteiger partial charge in [0.15, 0.2) is 21.3 Å². The molecule has 5 rings (SSSR count). The molecule has 0 bridgehead atoms. The van der Waals surface area contributed by atoms with E-state index in [1.807, 2.05) is 17.1 Å². The molecule has 3 fully saturated rings. The van der Waals surface area contributed by atoms with Crippen LogP contribution in [-0.4, -0.2) is 74.4 Å². The van der Waals surface area contributed by atoms with E-state index in [2.05, 4.69) is 25.8 Å². The largest absolute Gasteiger partial charge is 0.377 e. The van der Waals surface area contributed by atoms with Crippen LogP contribution in [0.3, 0.4) is 0 Å². The van der Waals surface area contributed by atoms with Gasteiger partial charge in [0, 0.05) is 41.9 Å². The lowest BCUT2D eigenvalue weighted by atomic mass is 10.2. The summed E-state index contributed by atoms with van der Waals surface area (Å²) in [5, 5.41) is 15.1. The SMILES string of the molecule is [2H]C([2H])([2H])NC(=O)c1nnc(NC(=O)[C@H]2CC23CC3)cc1Nc1ncc(N2CCOC[C@H]2C)cc1S(C)(=O)=O. The molecule has 192 valence electrons. The molecule has 2 aliphatic carbocycles. The van der Waals surface area contributed by atoms with Gasteiger partial charge in [-0.2, -0.15) is 0 Å². The van der Waals surface area contributed by atoms with Crippen LogP contribution in [0.1, 0.15) is 40.8 Å². The summed E-state index contributed by atoms with van der Waals surface area (Å²) < 4.78 is 53.1. The Labute approximate surface area is 213 Å². The summed E-state index contributed by atoms with van der Waals surface area (Å²) in [6.45, 7) is 0.666. The van der Waals surface area contributed by atoms with E-state index in [0.717, 1.165) is 25.5 Å². The van der Waals surface area contributed by atoms with Crippen molar-refractivity contribution < 1.29 is 26.9 Å². The van der Waals surface area contributed by atoms with Crippen molar-refractivity contribution in [1.29, 1.82) is 0 Å². The van der Waals surface area contributed by atoms with Gasteiger partial charge in [-0.25, -0.2) is 13.4 Å². The number of hydrogen-bond donors (Lipinski definition) is 3. The molecule has 1 saturated heterocycles. The Morgan fingerprint density at radius 3 is 2.75 bits per heavy atom. The molecule has 0 aromatic carbocycles. The Bertz CT molecular complexity index is 1430. The molecule has 0 unspecified atom stereocenters. The van der Waals surface area contributed by atoms with E-state index in [-0.39, 0.29) is 45.5 Å². The maximum absolute atomic E-state index is 12.8. The maximum atomic E-state index is 12.8. The van der Waals surface area contributed by atoms with Gasteiger partial charge in [-0.3, -0.25) is 9.59 Å². The molecule has 1 spiro atoms. The number of hydrogen-bond acceptors (Lipinski definition) is 10. The lowest BCUT2D eigenvalue weighted by Gasteiger charge is -2.35. The van der Waals surface area contributed by atoms with Crippen molar-refractivity contribution in [3.8, 4) is 0 Å². The van der Waals surface area contributed by atoms with Crippen molar-refractivity contribution in [1.82, 2.24) is 20.5 Å². The van der Waals surface area contributed by atoms with Crippen molar-refractivity contribution in [3.63, 3.8) is 0 Å². The molecule has 2 aromatic heterocycles. The molecule has 12 nitrogen and oxygen atoms in total. The van der Waals surface area contributed by atoms with Crippen molar-refractivity contribution in [2.24, 2.45) is 11.3 Å². The Kier molecular flexibility index (Phi) is 5.19. The Morgan fingerprint density at radius 2 is 2.08 bits per heavy atom. The highest BCUT2D eigenvalue weighted by molar-refractivity contribution is 7.90. The van der Waals surface area contributed by atoms with Crippen LogP contribution in [-0.2, 0) is 19.4 Å². The van der Waals surface area contributed by atoms with Crippen LogP contribution in [0, 0.1) is 11.3 Å². The first-order chi connectivity index (χ1) is 18.3. The quantitative estimate of drug-likeness (QED) is 0.489. The van der Waals surface area contributed by atoms with Crippen LogP contribution in [0.25, 0.3) is 0 Å². The topological polar surface area (TPSA) is 156 Å². The predicted molar refractivity (Wildman–Crippen MR) is 132 cm³/mol. The summed E-state index contributed by atoms with van der Waals surface area (Å²) in [6, 6.07) is 2.78. The van der Waals surface area contributed by atoms with Gasteiger partial charge in [-0.05, 0) is 37.7 Å². The summed E-state index contributed by atoms with van der Waals surface area (Å²) in [5.74, 6) is -1.47. The van der Waals surface area contributed by atoms with E-state index >= 15 is 0 Å². The first kappa shape index (κ1) is 20.8. The average molecular weight is 519 g/mol. The number of rotatable bonds is 7. The second-order valence-electron chi connectivity index (χ2n) is 9.61. The molecular formula is C23H29N7O5S. The monoisotopic (exact) mass is 518 g/mol. The van der Waals surface area contributed by atoms with Crippen LogP contribution in [0.15, 0.2) is 23.2 Å². The number of morpholine rings is 1. The molecular weight excluding hydrogens is 486 g/mol. The van der Waals surface area contributed by atoms with Gasteiger partial charge in [-0.1, -0.05) is 0 Å². The summed E-state index contributed by atoms with van der Waals surface area (Å²) in [4.78, 5) is 31.6. The van der Waals surface area contributed by atoms with Gasteiger partial charge >= 0.3 is 0 Å². The van der Waals surface area contributed by atoms with Gasteiger partial charge in [0.1, 0.15) is 10.7 Å². The number of nitrogens with zero attached hydrogens (tertiary/aromatic N) is 4. The van der Waals surface area contributed by atoms with Crippen LogP contribution in [0.2, 0.25) is 0 Å². The zero-order valence-electron chi connectivity index (χ0n) is 22.9. The van der Waals surface area contributed by atoms with Gasteiger partial charge in [0.25, 0.3) is 5.91 Å². The standard InChI is InChI=1S/C23H29N7O5S/c1-13-12-35-7-6-30(13)14-8-17(36(3,33)34)20(25-11-14)26-16-9-18(28-29-19(16)22(32)24-2)27-21(31)15-10-23(15)4-5-23/h8-9,11,13,15H,4-7,10,12H2,1-3H3,(H,24,32)(H2,25,26,27,28,31)/t13-,15-/m1/s1/i2D3. The zero-order valence-corrected chi connectivity index (χ0v) is 20.7. The van der Waals surface area contributed by atoms with E-state index in [9.17, 15) is 18.0 Å². The highest BCUT2D eigenvalue weighted by Gasteiger charge is 2.65. The van der Waals surface area contributed by atoms with E-state index in [4.69, 9.17) is 8.85 Å². The Morgan fingerprint density at radius 1 is 1.28 bits per heavy atom. The summed E-state index contributed by atoms with van der Waals surface area (Å²) >= 11 is 0. The Balaban J connectivity index is 1.49. The van der Waals surface area contributed by atoms with Gasteiger partial charge in [0.2, 0.25) is 5.91 Å². The summed E-state index contributed by atoms with van der Waals surface area (Å²) in [6.07, 6.45) is 5.37. The number of nitrogens with one attached hydrogen (secondary N) is 3. The minimum absolute atomic E-state index is 0.00114. The van der Waals surface area contributed by atoms with E-state index in [1.165, 1.54) is 18.3 Å². The van der Waals surface area contributed by atoms with Crippen molar-refractivity contribution in [3.05, 3.63) is 24.0 Å². The predicted octanol–water partition coefficient (Wildman–Crippen LogP) is 1.34. The first-order valence-corrected chi connectivity index (χ1v) is 13.5. The third-order valence-electron chi connectivity index (χ3n) is 6.96. The zero-order chi connectivity index (χ0) is 28.2. The second-order valence-corrected chi connectivity index (χ2v) is 11.6. The summed E-state index contributed by atoms with van der Waals surface area (Å²) in [5.41, 5.74) is 0.188. The van der Waals surface area contributed by atoms with E-state index < -0.39 is 28.4 Å². The number of carbonyl (C=O) groups excluding carboxylic acids is 2. The third-order valence-corrected chi connectivity index (χ3v) is 8.07. The molecule has 0 radical (unpaired) electrons. The van der Waals surface area contributed by atoms with Crippen LogP contribution in [0.4, 0.5) is 23.0 Å². The number of amides is 2. The molecule has 13 heteroatoms. The molecule has 3 aliphatic rings. The minimum atomic E-state index is -3.81. The van der Waals surface area contributed by atoms with Gasteiger partial charge in [0.05, 0.1) is 30.8 Å². The normalized spacial score (nSPS) is 23.7. The van der Waals surface area contributed by atoms with Crippen molar-refractivity contribution in [2.75, 3.05) is 48.5 Å². The van der Waals surface area contributed by atoms with Gasteiger partial charge in [-0.15, -0.1) is 10.2 Å². The number of aromatic nitrogens is 3. The fraction of sp³-hybridized carbons (Fsp3) is 0.522. The number of anilines is 4. The summed E-state index contributed by atoms with van der Waals surface area (Å²) in [7, 11) is -3.81. The van der Waals surface area contributed by atoms with Crippen molar-refractivity contribution >= 4 is 44.7 Å². The van der Waals surface area contributed by atoms with Crippen LogP contribution >= 0.6 is 0 Å². The number of pyridine rings is 1. The fourth-order valence-corrected chi connectivity index (χ4v) is 5.42.